The van der Waals surface area contributed by atoms with Gasteiger partial charge in [0.05, 0.1) is 0 Å². The summed E-state index contributed by atoms with van der Waals surface area (Å²) in [6.45, 7) is 8.82. The number of hydrogen-bond donors (Lipinski definition) is 2. The molecule has 0 saturated carbocycles. The number of benzene rings is 1. The summed E-state index contributed by atoms with van der Waals surface area (Å²) >= 11 is 0. The molecule has 7 nitrogen and oxygen atoms in total. The average molecular weight is 399 g/mol. The molecule has 0 aromatic heterocycles. The van der Waals surface area contributed by atoms with Crippen LogP contribution in [0.25, 0.3) is 0 Å². The number of nitrogens with one attached hydrogen (secondary N) is 2. The Balaban J connectivity index is 1.52. The molecule has 4 rings (SSSR count). The molecule has 2 saturated heterocycles. The molecule has 2 fully saturated rings. The van der Waals surface area contributed by atoms with Crippen LogP contribution in [-0.4, -0.2) is 58.7 Å². The maximum absolute atomic E-state index is 12.9. The summed E-state index contributed by atoms with van der Waals surface area (Å²) in [4.78, 5) is 40.7. The normalized spacial score (nSPS) is 24.6. The highest BCUT2D eigenvalue weighted by molar-refractivity contribution is 6.05. The Bertz CT molecular complexity index is 833. The van der Waals surface area contributed by atoms with Crippen LogP contribution in [0.2, 0.25) is 0 Å². The number of amides is 3. The molecule has 0 radical (unpaired) electrons. The lowest BCUT2D eigenvalue weighted by molar-refractivity contribution is -0.136. The third-order valence-corrected chi connectivity index (χ3v) is 6.96. The van der Waals surface area contributed by atoms with Gasteiger partial charge in [0, 0.05) is 50.2 Å². The number of carbonyl (C=O) groups is 3. The fraction of sp³-hybridized carbons (Fsp3) is 0.591. The van der Waals surface area contributed by atoms with Crippen molar-refractivity contribution in [1.29, 1.82) is 0 Å². The second-order valence-electron chi connectivity index (χ2n) is 8.42. The van der Waals surface area contributed by atoms with Crippen LogP contribution in [0.1, 0.15) is 61.0 Å². The molecule has 1 aromatic carbocycles. The molecule has 0 bridgehead atoms. The monoisotopic (exact) mass is 398 g/mol. The van der Waals surface area contributed by atoms with Crippen molar-refractivity contribution in [3.05, 3.63) is 34.9 Å². The fourth-order valence-corrected chi connectivity index (χ4v) is 5.02. The van der Waals surface area contributed by atoms with Crippen LogP contribution in [0.5, 0.6) is 0 Å². The third-order valence-electron chi connectivity index (χ3n) is 6.96. The van der Waals surface area contributed by atoms with Crippen LogP contribution in [0.15, 0.2) is 18.2 Å². The molecule has 3 amide bonds. The molecule has 0 aliphatic carbocycles. The zero-order valence-corrected chi connectivity index (χ0v) is 17.3. The Morgan fingerprint density at radius 2 is 1.97 bits per heavy atom. The van der Waals surface area contributed by atoms with E-state index >= 15 is 0 Å². The number of carbonyl (C=O) groups excluding carboxylic acids is 3. The third kappa shape index (κ3) is 3.57. The van der Waals surface area contributed by atoms with E-state index in [9.17, 15) is 14.4 Å². The van der Waals surface area contributed by atoms with Gasteiger partial charge in [-0.15, -0.1) is 0 Å². The first-order valence-corrected chi connectivity index (χ1v) is 10.7. The number of hydrogen-bond acceptors (Lipinski definition) is 5. The van der Waals surface area contributed by atoms with E-state index in [1.807, 2.05) is 12.1 Å². The summed E-state index contributed by atoms with van der Waals surface area (Å²) in [5.74, 6) is -0.733. The number of imide groups is 1. The van der Waals surface area contributed by atoms with E-state index < -0.39 is 6.04 Å². The maximum atomic E-state index is 12.9. The SMILES string of the molecule is CCC1(CC)CNCCN1Cc1ccc2c(c1)CN(C1CCC(=O)NC1=O)C2=O. The van der Waals surface area contributed by atoms with Gasteiger partial charge in [0.1, 0.15) is 6.04 Å². The predicted molar refractivity (Wildman–Crippen MR) is 109 cm³/mol. The van der Waals surface area contributed by atoms with Crippen molar-refractivity contribution in [3.63, 3.8) is 0 Å². The Morgan fingerprint density at radius 1 is 1.17 bits per heavy atom. The molecule has 29 heavy (non-hydrogen) atoms. The maximum Gasteiger partial charge on any atom is 0.255 e. The van der Waals surface area contributed by atoms with Crippen molar-refractivity contribution in [2.45, 2.75) is 64.2 Å². The minimum Gasteiger partial charge on any atom is -0.322 e. The molecule has 3 aliphatic rings. The van der Waals surface area contributed by atoms with Gasteiger partial charge in [0.15, 0.2) is 0 Å². The van der Waals surface area contributed by atoms with Crippen molar-refractivity contribution in [1.82, 2.24) is 20.4 Å². The van der Waals surface area contributed by atoms with Gasteiger partial charge in [-0.05, 0) is 36.5 Å². The van der Waals surface area contributed by atoms with Gasteiger partial charge in [0.25, 0.3) is 5.91 Å². The molecule has 3 aliphatic heterocycles. The van der Waals surface area contributed by atoms with E-state index in [4.69, 9.17) is 0 Å². The van der Waals surface area contributed by atoms with Crippen LogP contribution in [0, 0.1) is 0 Å². The summed E-state index contributed by atoms with van der Waals surface area (Å²) in [6.07, 6.45) is 2.88. The van der Waals surface area contributed by atoms with Gasteiger partial charge in [-0.3, -0.25) is 24.6 Å². The molecule has 7 heteroatoms. The summed E-state index contributed by atoms with van der Waals surface area (Å²) in [5.41, 5.74) is 3.03. The minimum absolute atomic E-state index is 0.111. The van der Waals surface area contributed by atoms with Crippen LogP contribution >= 0.6 is 0 Å². The van der Waals surface area contributed by atoms with Gasteiger partial charge < -0.3 is 10.2 Å². The lowest BCUT2D eigenvalue weighted by Gasteiger charge is -2.47. The molecule has 2 N–H and O–H groups in total. The van der Waals surface area contributed by atoms with Gasteiger partial charge in [-0.25, -0.2) is 0 Å². The number of piperazine rings is 1. The second-order valence-corrected chi connectivity index (χ2v) is 8.42. The molecule has 1 unspecified atom stereocenters. The quantitative estimate of drug-likeness (QED) is 0.733. The van der Waals surface area contributed by atoms with Gasteiger partial charge in [0.2, 0.25) is 11.8 Å². The number of fused-ring (bicyclic) bond motifs is 1. The molecular weight excluding hydrogens is 368 g/mol. The highest BCUT2D eigenvalue weighted by Gasteiger charge is 2.39. The first kappa shape index (κ1) is 20.0. The van der Waals surface area contributed by atoms with Crippen LogP contribution in [0.4, 0.5) is 0 Å². The van der Waals surface area contributed by atoms with Gasteiger partial charge in [-0.1, -0.05) is 26.0 Å². The molecule has 3 heterocycles. The summed E-state index contributed by atoms with van der Waals surface area (Å²) in [5, 5.41) is 5.89. The lowest BCUT2D eigenvalue weighted by atomic mass is 9.88. The Morgan fingerprint density at radius 3 is 2.69 bits per heavy atom. The fourth-order valence-electron chi connectivity index (χ4n) is 5.02. The van der Waals surface area contributed by atoms with Crippen molar-refractivity contribution < 1.29 is 14.4 Å². The van der Waals surface area contributed by atoms with Crippen molar-refractivity contribution in [2.24, 2.45) is 0 Å². The van der Waals surface area contributed by atoms with E-state index in [0.717, 1.165) is 44.6 Å². The van der Waals surface area contributed by atoms with Crippen molar-refractivity contribution in [2.75, 3.05) is 19.6 Å². The Hall–Kier alpha value is -2.25. The number of rotatable bonds is 5. The smallest absolute Gasteiger partial charge is 0.255 e. The van der Waals surface area contributed by atoms with Crippen molar-refractivity contribution >= 4 is 17.7 Å². The average Bonchev–Trinajstić information content (AvgIpc) is 3.04. The highest BCUT2D eigenvalue weighted by Crippen LogP contribution is 2.31. The van der Waals surface area contributed by atoms with E-state index in [0.29, 0.717) is 18.5 Å². The van der Waals surface area contributed by atoms with E-state index in [2.05, 4.69) is 35.4 Å². The van der Waals surface area contributed by atoms with E-state index in [1.165, 1.54) is 5.56 Å². The second kappa shape index (κ2) is 7.88. The first-order valence-electron chi connectivity index (χ1n) is 10.7. The van der Waals surface area contributed by atoms with Gasteiger partial charge >= 0.3 is 0 Å². The summed E-state index contributed by atoms with van der Waals surface area (Å²) < 4.78 is 0. The van der Waals surface area contributed by atoms with E-state index in [1.54, 1.807) is 4.90 Å². The molecule has 1 aromatic rings. The van der Waals surface area contributed by atoms with Crippen molar-refractivity contribution in [3.8, 4) is 0 Å². The Kier molecular flexibility index (Phi) is 5.44. The molecule has 0 spiro atoms. The summed E-state index contributed by atoms with van der Waals surface area (Å²) in [6, 6.07) is 5.51. The predicted octanol–water partition coefficient (Wildman–Crippen LogP) is 1.41. The summed E-state index contributed by atoms with van der Waals surface area (Å²) in [7, 11) is 0. The van der Waals surface area contributed by atoms with E-state index in [-0.39, 0.29) is 29.7 Å². The topological polar surface area (TPSA) is 81.8 Å². The lowest BCUT2D eigenvalue weighted by Crippen LogP contribution is -2.60. The molecule has 1 atom stereocenters. The standard InChI is InChI=1S/C22H30N4O3/c1-3-22(4-2)14-23-9-10-25(22)12-15-5-6-17-16(11-15)13-26(21(17)29)18-7-8-19(27)24-20(18)28/h5-6,11,18,23H,3-4,7-10,12-14H2,1-2H3,(H,24,27,28). The van der Waals surface area contributed by atoms with Gasteiger partial charge in [-0.2, -0.15) is 0 Å². The number of piperidine rings is 1. The Labute approximate surface area is 171 Å². The minimum atomic E-state index is -0.558. The zero-order valence-electron chi connectivity index (χ0n) is 17.3. The molecule has 156 valence electrons. The zero-order chi connectivity index (χ0) is 20.6. The molecular formula is C22H30N4O3. The largest absolute Gasteiger partial charge is 0.322 e. The first-order chi connectivity index (χ1) is 14.0. The highest BCUT2D eigenvalue weighted by atomic mass is 16.2. The number of nitrogens with zero attached hydrogens (tertiary/aromatic N) is 2. The van der Waals surface area contributed by atoms with Crippen LogP contribution in [-0.2, 0) is 22.7 Å². The van der Waals surface area contributed by atoms with Crippen LogP contribution in [0.3, 0.4) is 0 Å². The van der Waals surface area contributed by atoms with Crippen LogP contribution < -0.4 is 10.6 Å².